The molecule has 1 aromatic heterocycles. The Labute approximate surface area is 103 Å². The molecule has 3 rings (SSSR count). The molecule has 18 heavy (non-hydrogen) atoms. The van der Waals surface area contributed by atoms with Gasteiger partial charge in [0.15, 0.2) is 0 Å². The van der Waals surface area contributed by atoms with Crippen molar-refractivity contribution in [1.82, 2.24) is 9.55 Å². The van der Waals surface area contributed by atoms with Crippen LogP contribution in [-0.2, 0) is 4.74 Å². The first-order chi connectivity index (χ1) is 8.61. The van der Waals surface area contributed by atoms with Gasteiger partial charge in [0.25, 0.3) is 5.56 Å². The monoisotopic (exact) mass is 254 g/mol. The van der Waals surface area contributed by atoms with Gasteiger partial charge in [-0.05, 0) is 6.92 Å². The summed E-state index contributed by atoms with van der Waals surface area (Å²) in [5.41, 5.74) is 0.144. The van der Waals surface area contributed by atoms with Crippen molar-refractivity contribution in [1.29, 1.82) is 0 Å². The molecule has 0 bridgehead atoms. The highest BCUT2D eigenvalue weighted by Gasteiger charge is 2.47. The molecule has 3 unspecified atom stereocenters. The lowest BCUT2D eigenvalue weighted by Gasteiger charge is -2.29. The minimum Gasteiger partial charge on any atom is -0.464 e. The third-order valence-corrected chi connectivity index (χ3v) is 3.45. The molecule has 0 amide bonds. The largest absolute Gasteiger partial charge is 0.464 e. The molecule has 0 aliphatic carbocycles. The molecule has 2 aliphatic heterocycles. The Balaban J connectivity index is 2.03. The standard InChI is InChI=1S/C11H14N2O5/c1-5-2-13-10-6(8(15)7(3-14)18-10)4-17-11(13)12-9(5)16/h2,6-8,10,14-15H,3-4H2,1H3/t6?,7-,8?,10?/m1/s1. The highest BCUT2D eigenvalue weighted by molar-refractivity contribution is 5.12. The van der Waals surface area contributed by atoms with Gasteiger partial charge in [-0.25, -0.2) is 0 Å². The smallest absolute Gasteiger partial charge is 0.301 e. The molecule has 0 spiro atoms. The molecule has 2 N–H and O–H groups in total. The predicted molar refractivity (Wildman–Crippen MR) is 59.2 cm³/mol. The lowest BCUT2D eigenvalue weighted by Crippen LogP contribution is -2.37. The van der Waals surface area contributed by atoms with Crippen LogP contribution < -0.4 is 10.3 Å². The fraction of sp³-hybridized carbons (Fsp3) is 0.636. The minimum absolute atomic E-state index is 0.192. The van der Waals surface area contributed by atoms with Crippen molar-refractivity contribution in [3.05, 3.63) is 22.1 Å². The molecule has 1 fully saturated rings. The molecule has 7 heteroatoms. The lowest BCUT2D eigenvalue weighted by atomic mass is 10.00. The summed E-state index contributed by atoms with van der Waals surface area (Å²) in [6.07, 6.45) is -0.261. The van der Waals surface area contributed by atoms with Crippen molar-refractivity contribution in [2.45, 2.75) is 25.4 Å². The van der Waals surface area contributed by atoms with E-state index in [1.807, 2.05) is 0 Å². The zero-order valence-corrected chi connectivity index (χ0v) is 9.81. The van der Waals surface area contributed by atoms with Crippen molar-refractivity contribution in [2.24, 2.45) is 5.92 Å². The minimum atomic E-state index is -0.784. The summed E-state index contributed by atoms with van der Waals surface area (Å²) in [4.78, 5) is 15.2. The van der Waals surface area contributed by atoms with Crippen molar-refractivity contribution in [3.63, 3.8) is 0 Å². The van der Waals surface area contributed by atoms with Crippen LogP contribution in [0, 0.1) is 12.8 Å². The number of ether oxygens (including phenoxy) is 2. The van der Waals surface area contributed by atoms with Crippen LogP contribution in [0.1, 0.15) is 11.8 Å². The van der Waals surface area contributed by atoms with E-state index in [-0.39, 0.29) is 30.7 Å². The molecule has 4 atom stereocenters. The van der Waals surface area contributed by atoms with Gasteiger partial charge in [0.1, 0.15) is 18.9 Å². The van der Waals surface area contributed by atoms with E-state index in [0.717, 1.165) is 0 Å². The second-order valence-electron chi connectivity index (χ2n) is 4.63. The Morgan fingerprint density at radius 3 is 3.11 bits per heavy atom. The molecular weight excluding hydrogens is 240 g/mol. The van der Waals surface area contributed by atoms with Gasteiger partial charge in [0.2, 0.25) is 0 Å². The van der Waals surface area contributed by atoms with Crippen molar-refractivity contribution < 1.29 is 19.7 Å². The molecule has 1 aromatic rings. The second-order valence-corrected chi connectivity index (χ2v) is 4.63. The Kier molecular flexibility index (Phi) is 2.61. The van der Waals surface area contributed by atoms with Crippen molar-refractivity contribution >= 4 is 0 Å². The van der Waals surface area contributed by atoms with Crippen LogP contribution in [0.3, 0.4) is 0 Å². The van der Waals surface area contributed by atoms with Gasteiger partial charge in [-0.3, -0.25) is 9.36 Å². The third-order valence-electron chi connectivity index (χ3n) is 3.45. The first-order valence-electron chi connectivity index (χ1n) is 5.79. The maximum atomic E-state index is 11.4. The van der Waals surface area contributed by atoms with E-state index < -0.39 is 18.4 Å². The Morgan fingerprint density at radius 1 is 1.61 bits per heavy atom. The van der Waals surface area contributed by atoms with Crippen molar-refractivity contribution in [3.8, 4) is 6.01 Å². The van der Waals surface area contributed by atoms with E-state index in [1.165, 1.54) is 0 Å². The molecule has 3 heterocycles. The summed E-state index contributed by atoms with van der Waals surface area (Å²) in [6.45, 7) is 1.62. The van der Waals surface area contributed by atoms with Gasteiger partial charge in [0, 0.05) is 11.8 Å². The maximum absolute atomic E-state index is 11.4. The van der Waals surface area contributed by atoms with E-state index in [1.54, 1.807) is 17.7 Å². The Bertz CT molecular complexity index is 529. The zero-order chi connectivity index (χ0) is 12.9. The fourth-order valence-corrected chi connectivity index (χ4v) is 2.42. The van der Waals surface area contributed by atoms with Gasteiger partial charge in [0.05, 0.1) is 18.6 Å². The molecule has 0 aromatic carbocycles. The lowest BCUT2D eigenvalue weighted by molar-refractivity contribution is -0.0590. The summed E-state index contributed by atoms with van der Waals surface area (Å²) in [5.74, 6) is -0.265. The number of aryl methyl sites for hydroxylation is 1. The normalized spacial score (nSPS) is 33.7. The first kappa shape index (κ1) is 11.6. The van der Waals surface area contributed by atoms with E-state index in [2.05, 4.69) is 4.98 Å². The van der Waals surface area contributed by atoms with Crippen LogP contribution in [0.15, 0.2) is 11.0 Å². The first-order valence-corrected chi connectivity index (χ1v) is 5.79. The highest BCUT2D eigenvalue weighted by Crippen LogP contribution is 2.39. The average molecular weight is 254 g/mol. The summed E-state index contributed by atoms with van der Waals surface area (Å²) in [6, 6.07) is 0.192. The molecule has 7 nitrogen and oxygen atoms in total. The fourth-order valence-electron chi connectivity index (χ4n) is 2.42. The zero-order valence-electron chi connectivity index (χ0n) is 9.81. The molecule has 98 valence electrons. The molecular formula is C11H14N2O5. The van der Waals surface area contributed by atoms with Gasteiger partial charge < -0.3 is 19.7 Å². The summed E-state index contributed by atoms with van der Waals surface area (Å²) < 4.78 is 12.6. The van der Waals surface area contributed by atoms with Crippen LogP contribution >= 0.6 is 0 Å². The number of hydrogen-bond donors (Lipinski definition) is 2. The number of aliphatic hydroxyl groups is 2. The number of aromatic nitrogens is 2. The number of hydrogen-bond acceptors (Lipinski definition) is 6. The van der Waals surface area contributed by atoms with Gasteiger partial charge in [-0.1, -0.05) is 0 Å². The Hall–Kier alpha value is -1.44. The van der Waals surface area contributed by atoms with E-state index in [4.69, 9.17) is 14.6 Å². The average Bonchev–Trinajstić information content (AvgIpc) is 2.68. The summed E-state index contributed by atoms with van der Waals surface area (Å²) in [5, 5.41) is 19.1. The highest BCUT2D eigenvalue weighted by atomic mass is 16.6. The van der Waals surface area contributed by atoms with Crippen LogP contribution in [0.2, 0.25) is 0 Å². The van der Waals surface area contributed by atoms with E-state index >= 15 is 0 Å². The molecule has 1 saturated heterocycles. The van der Waals surface area contributed by atoms with Crippen LogP contribution in [0.4, 0.5) is 0 Å². The van der Waals surface area contributed by atoms with Gasteiger partial charge in [-0.2, -0.15) is 4.98 Å². The van der Waals surface area contributed by atoms with E-state index in [0.29, 0.717) is 5.56 Å². The van der Waals surface area contributed by atoms with Gasteiger partial charge >= 0.3 is 6.01 Å². The molecule has 0 radical (unpaired) electrons. The predicted octanol–water partition coefficient (Wildman–Crippen LogP) is -1.19. The van der Waals surface area contributed by atoms with Crippen LogP contribution in [0.5, 0.6) is 6.01 Å². The van der Waals surface area contributed by atoms with Crippen molar-refractivity contribution in [2.75, 3.05) is 13.2 Å². The molecule has 0 saturated carbocycles. The third kappa shape index (κ3) is 1.55. The molecule has 2 aliphatic rings. The summed E-state index contributed by atoms with van der Waals surface area (Å²) in [7, 11) is 0. The van der Waals surface area contributed by atoms with E-state index in [9.17, 15) is 9.90 Å². The Morgan fingerprint density at radius 2 is 2.39 bits per heavy atom. The number of nitrogens with zero attached hydrogens (tertiary/aromatic N) is 2. The number of fused-ring (bicyclic) bond motifs is 3. The number of aliphatic hydroxyl groups excluding tert-OH is 2. The van der Waals surface area contributed by atoms with Crippen LogP contribution in [0.25, 0.3) is 0 Å². The topological polar surface area (TPSA) is 93.8 Å². The quantitative estimate of drug-likeness (QED) is 0.654. The SMILES string of the molecule is Cc1cn2c(nc1=O)OCC1C(O)[C@@H](CO)OC12. The summed E-state index contributed by atoms with van der Waals surface area (Å²) >= 11 is 0. The maximum Gasteiger partial charge on any atom is 0.301 e. The number of rotatable bonds is 1. The second kappa shape index (κ2) is 4.04. The van der Waals surface area contributed by atoms with Crippen LogP contribution in [-0.4, -0.2) is 45.2 Å². The van der Waals surface area contributed by atoms with Gasteiger partial charge in [-0.15, -0.1) is 0 Å².